The summed E-state index contributed by atoms with van der Waals surface area (Å²) < 4.78 is 46.2. The van der Waals surface area contributed by atoms with Crippen molar-refractivity contribution in [2.24, 2.45) is 0 Å². The first-order valence-corrected chi connectivity index (χ1v) is 9.60. The Hall–Kier alpha value is -2.26. The highest BCUT2D eigenvalue weighted by molar-refractivity contribution is 7.92. The van der Waals surface area contributed by atoms with E-state index in [-0.39, 0.29) is 11.6 Å². The molecule has 0 atom stereocenters. The van der Waals surface area contributed by atoms with Crippen molar-refractivity contribution in [3.63, 3.8) is 0 Å². The fraction of sp³-hybridized carbons (Fsp3) is 0.200. The number of aromatic nitrogens is 2. The molecule has 2 heterocycles. The quantitative estimate of drug-likeness (QED) is 0.746. The molecule has 1 aromatic carbocycles. The van der Waals surface area contributed by atoms with Gasteiger partial charge >= 0.3 is 0 Å². The van der Waals surface area contributed by atoms with Crippen LogP contribution in [0, 0.1) is 5.82 Å². The summed E-state index contributed by atoms with van der Waals surface area (Å²) in [6, 6.07) is 6.79. The number of halogens is 1. The fourth-order valence-corrected chi connectivity index (χ4v) is 4.24. The summed E-state index contributed by atoms with van der Waals surface area (Å²) in [4.78, 5) is 4.42. The van der Waals surface area contributed by atoms with Crippen LogP contribution in [0.3, 0.4) is 0 Å². The zero-order valence-electron chi connectivity index (χ0n) is 12.3. The molecular formula is C15H12FN3O3S2. The van der Waals surface area contributed by atoms with Crippen molar-refractivity contribution >= 4 is 27.0 Å². The molecule has 9 heteroatoms. The van der Waals surface area contributed by atoms with E-state index in [9.17, 15) is 12.8 Å². The average molecular weight is 365 g/mol. The molecule has 0 amide bonds. The number of benzene rings is 1. The first kappa shape index (κ1) is 15.3. The van der Waals surface area contributed by atoms with E-state index < -0.39 is 20.7 Å². The second-order valence-corrected chi connectivity index (χ2v) is 8.00. The number of thiophene rings is 1. The van der Waals surface area contributed by atoms with Crippen molar-refractivity contribution in [1.82, 2.24) is 10.1 Å². The molecule has 2 aromatic heterocycles. The molecule has 3 aromatic rings. The van der Waals surface area contributed by atoms with Crippen molar-refractivity contribution in [2.75, 3.05) is 4.72 Å². The maximum atomic E-state index is 13.8. The Labute approximate surface area is 141 Å². The molecule has 0 bridgehead atoms. The second-order valence-electron chi connectivity index (χ2n) is 5.43. The van der Waals surface area contributed by atoms with Gasteiger partial charge in [0.1, 0.15) is 15.6 Å². The highest BCUT2D eigenvalue weighted by atomic mass is 32.2. The van der Waals surface area contributed by atoms with Crippen LogP contribution in [0.5, 0.6) is 0 Å². The van der Waals surface area contributed by atoms with Crippen molar-refractivity contribution in [2.45, 2.75) is 23.7 Å². The molecule has 0 spiro atoms. The lowest BCUT2D eigenvalue weighted by molar-refractivity contribution is 0.423. The number of anilines is 1. The van der Waals surface area contributed by atoms with E-state index in [0.29, 0.717) is 16.6 Å². The molecule has 1 saturated carbocycles. The lowest BCUT2D eigenvalue weighted by atomic mass is 10.3. The van der Waals surface area contributed by atoms with Gasteiger partial charge in [-0.15, -0.1) is 11.3 Å². The van der Waals surface area contributed by atoms with Gasteiger partial charge in [-0.25, -0.2) is 12.8 Å². The summed E-state index contributed by atoms with van der Waals surface area (Å²) in [5.41, 5.74) is 0.286. The van der Waals surface area contributed by atoms with Crippen LogP contribution in [-0.4, -0.2) is 18.6 Å². The first-order valence-electron chi connectivity index (χ1n) is 7.23. The maximum absolute atomic E-state index is 13.8. The van der Waals surface area contributed by atoms with Crippen LogP contribution in [0.25, 0.3) is 10.8 Å². The number of nitrogens with one attached hydrogen (secondary N) is 1. The molecule has 0 unspecified atom stereocenters. The molecule has 24 heavy (non-hydrogen) atoms. The molecule has 0 radical (unpaired) electrons. The number of hydrogen-bond donors (Lipinski definition) is 1. The van der Waals surface area contributed by atoms with Crippen molar-refractivity contribution < 1.29 is 17.3 Å². The van der Waals surface area contributed by atoms with E-state index in [4.69, 9.17) is 4.52 Å². The van der Waals surface area contributed by atoms with Crippen molar-refractivity contribution in [3.8, 4) is 10.8 Å². The Morgan fingerprint density at radius 1 is 1.25 bits per heavy atom. The highest BCUT2D eigenvalue weighted by Crippen LogP contribution is 2.40. The molecule has 1 N–H and O–H groups in total. The largest absolute Gasteiger partial charge is 0.333 e. The Bertz CT molecular complexity index is 993. The van der Waals surface area contributed by atoms with Gasteiger partial charge in [-0.2, -0.15) is 4.98 Å². The molecule has 4 rings (SSSR count). The van der Waals surface area contributed by atoms with Gasteiger partial charge < -0.3 is 4.52 Å². The molecule has 0 saturated heterocycles. The Kier molecular flexibility index (Phi) is 3.61. The van der Waals surface area contributed by atoms with Crippen molar-refractivity contribution in [3.05, 3.63) is 47.4 Å². The van der Waals surface area contributed by atoms with Crippen LogP contribution in [0.15, 0.2) is 45.1 Å². The molecule has 1 fully saturated rings. The minimum absolute atomic E-state index is 0.262. The third-order valence-corrected chi connectivity index (χ3v) is 5.92. The highest BCUT2D eigenvalue weighted by Gasteiger charge is 2.30. The third-order valence-electron chi connectivity index (χ3n) is 3.61. The Morgan fingerprint density at radius 2 is 2.04 bits per heavy atom. The lowest BCUT2D eigenvalue weighted by Crippen LogP contribution is -2.14. The van der Waals surface area contributed by atoms with E-state index >= 15 is 0 Å². The SMILES string of the molecule is O=S(=O)(Nc1ccsc1-c1nc(C2CC2)no1)c1ccccc1F. The third kappa shape index (κ3) is 2.80. The number of nitrogens with zero attached hydrogens (tertiary/aromatic N) is 2. The summed E-state index contributed by atoms with van der Waals surface area (Å²) in [6.45, 7) is 0. The normalized spacial score (nSPS) is 14.7. The standard InChI is InChI=1S/C15H12FN3O3S2/c16-10-3-1-2-4-12(10)24(20,21)19-11-7-8-23-13(11)15-17-14(18-22-15)9-5-6-9/h1-4,7-9,19H,5-6H2. The predicted octanol–water partition coefficient (Wildman–Crippen LogP) is 3.62. The summed E-state index contributed by atoms with van der Waals surface area (Å²) >= 11 is 1.27. The number of hydrogen-bond acceptors (Lipinski definition) is 6. The van der Waals surface area contributed by atoms with E-state index in [1.165, 1.54) is 29.5 Å². The fourth-order valence-electron chi connectivity index (χ4n) is 2.25. The van der Waals surface area contributed by atoms with Crippen LogP contribution in [-0.2, 0) is 10.0 Å². The zero-order valence-corrected chi connectivity index (χ0v) is 13.9. The van der Waals surface area contributed by atoms with Gasteiger partial charge in [0.15, 0.2) is 5.82 Å². The minimum Gasteiger partial charge on any atom is -0.333 e. The zero-order chi connectivity index (χ0) is 16.7. The van der Waals surface area contributed by atoms with Crippen LogP contribution in [0.4, 0.5) is 10.1 Å². The number of rotatable bonds is 5. The monoisotopic (exact) mass is 365 g/mol. The summed E-state index contributed by atoms with van der Waals surface area (Å²) in [6.07, 6.45) is 2.08. The summed E-state index contributed by atoms with van der Waals surface area (Å²) in [7, 11) is -4.05. The molecule has 1 aliphatic carbocycles. The summed E-state index contributed by atoms with van der Waals surface area (Å²) in [5.74, 6) is 0.427. The smallest absolute Gasteiger partial charge is 0.270 e. The molecule has 124 valence electrons. The van der Waals surface area contributed by atoms with Crippen LogP contribution >= 0.6 is 11.3 Å². The molecule has 1 aliphatic rings. The van der Waals surface area contributed by atoms with E-state index in [2.05, 4.69) is 14.9 Å². The van der Waals surface area contributed by atoms with Gasteiger partial charge in [0, 0.05) is 5.92 Å². The summed E-state index contributed by atoms with van der Waals surface area (Å²) in [5, 5.41) is 5.63. The Morgan fingerprint density at radius 3 is 2.79 bits per heavy atom. The topological polar surface area (TPSA) is 85.1 Å². The maximum Gasteiger partial charge on any atom is 0.270 e. The van der Waals surface area contributed by atoms with E-state index in [0.717, 1.165) is 18.9 Å². The second kappa shape index (κ2) is 5.67. The van der Waals surface area contributed by atoms with Gasteiger partial charge in [0.2, 0.25) is 0 Å². The molecular weight excluding hydrogens is 353 g/mol. The predicted molar refractivity (Wildman–Crippen MR) is 86.8 cm³/mol. The van der Waals surface area contributed by atoms with Crippen molar-refractivity contribution in [1.29, 1.82) is 0 Å². The van der Waals surface area contributed by atoms with E-state index in [1.807, 2.05) is 0 Å². The number of sulfonamides is 1. The average Bonchev–Trinajstić information content (AvgIpc) is 3.11. The Balaban J connectivity index is 1.66. The molecule has 0 aliphatic heterocycles. The van der Waals surface area contributed by atoms with Crippen LogP contribution < -0.4 is 4.72 Å². The van der Waals surface area contributed by atoms with Crippen LogP contribution in [0.1, 0.15) is 24.6 Å². The van der Waals surface area contributed by atoms with Gasteiger partial charge in [-0.1, -0.05) is 17.3 Å². The van der Waals surface area contributed by atoms with Gasteiger partial charge in [-0.05, 0) is 36.4 Å². The van der Waals surface area contributed by atoms with E-state index in [1.54, 1.807) is 11.4 Å². The van der Waals surface area contributed by atoms with Gasteiger partial charge in [0.25, 0.3) is 15.9 Å². The van der Waals surface area contributed by atoms with Gasteiger partial charge in [0.05, 0.1) is 5.69 Å². The van der Waals surface area contributed by atoms with Gasteiger partial charge in [-0.3, -0.25) is 4.72 Å². The first-order chi connectivity index (χ1) is 11.5. The van der Waals surface area contributed by atoms with Crippen LogP contribution in [0.2, 0.25) is 0 Å². The minimum atomic E-state index is -4.05. The lowest BCUT2D eigenvalue weighted by Gasteiger charge is -2.08. The molecule has 6 nitrogen and oxygen atoms in total.